The van der Waals surface area contributed by atoms with Crippen LogP contribution in [0.25, 0.3) is 0 Å². The molecule has 0 saturated heterocycles. The van der Waals surface area contributed by atoms with Crippen molar-refractivity contribution in [1.29, 1.82) is 0 Å². The summed E-state index contributed by atoms with van der Waals surface area (Å²) in [5, 5.41) is 2.78. The lowest BCUT2D eigenvalue weighted by molar-refractivity contribution is -0.154. The van der Waals surface area contributed by atoms with Crippen molar-refractivity contribution in [3.63, 3.8) is 0 Å². The maximum Gasteiger partial charge on any atom is 0.311 e. The van der Waals surface area contributed by atoms with Crippen LogP contribution in [0, 0.1) is 0 Å². The Morgan fingerprint density at radius 1 is 1.04 bits per heavy atom. The lowest BCUT2D eigenvalue weighted by Gasteiger charge is -2.14. The van der Waals surface area contributed by atoms with Crippen molar-refractivity contribution >= 4 is 11.9 Å². The molecule has 1 amide bonds. The monoisotopic (exact) mass is 381 g/mol. The molecule has 146 valence electrons. The van der Waals surface area contributed by atoms with Crippen LogP contribution < -0.4 is 14.8 Å². The van der Waals surface area contributed by atoms with Gasteiger partial charge < -0.3 is 19.5 Å². The van der Waals surface area contributed by atoms with Crippen LogP contribution in [-0.4, -0.2) is 24.8 Å². The molecular weight excluding hydrogens is 358 g/mol. The maximum atomic E-state index is 12.2. The number of carbonyl (C=O) groups excluding carboxylic acids is 2. The molecule has 2 aliphatic rings. The van der Waals surface area contributed by atoms with E-state index in [-0.39, 0.29) is 19.1 Å². The zero-order valence-corrected chi connectivity index (χ0v) is 15.8. The Labute approximate surface area is 163 Å². The minimum absolute atomic E-state index is 0.174. The first-order valence-corrected chi connectivity index (χ1v) is 9.55. The third-order valence-corrected chi connectivity index (χ3v) is 5.09. The van der Waals surface area contributed by atoms with Crippen molar-refractivity contribution in [2.45, 2.75) is 45.3 Å². The van der Waals surface area contributed by atoms with Crippen molar-refractivity contribution in [1.82, 2.24) is 5.32 Å². The molecule has 0 saturated carbocycles. The number of hydrogen-bond acceptors (Lipinski definition) is 5. The highest BCUT2D eigenvalue weighted by Gasteiger charge is 2.19. The van der Waals surface area contributed by atoms with Gasteiger partial charge in [0.2, 0.25) is 6.79 Å². The highest BCUT2D eigenvalue weighted by molar-refractivity contribution is 5.83. The quantitative estimate of drug-likeness (QED) is 0.779. The van der Waals surface area contributed by atoms with Gasteiger partial charge in [-0.1, -0.05) is 24.3 Å². The molecule has 4 rings (SSSR count). The molecule has 0 spiro atoms. The molecule has 1 N–H and O–H groups in total. The number of benzene rings is 2. The molecule has 0 fully saturated rings. The molecule has 1 aliphatic heterocycles. The summed E-state index contributed by atoms with van der Waals surface area (Å²) in [5.74, 6) is 0.633. The normalized spacial score (nSPS) is 15.0. The number of esters is 1. The highest BCUT2D eigenvalue weighted by Crippen LogP contribution is 2.32. The highest BCUT2D eigenvalue weighted by atomic mass is 16.7. The summed E-state index contributed by atoms with van der Waals surface area (Å²) in [6.07, 6.45) is 2.67. The molecule has 6 nitrogen and oxygen atoms in total. The van der Waals surface area contributed by atoms with Crippen molar-refractivity contribution in [3.05, 3.63) is 58.7 Å². The van der Waals surface area contributed by atoms with E-state index in [1.165, 1.54) is 17.5 Å². The van der Waals surface area contributed by atoms with Crippen LogP contribution in [0.15, 0.2) is 36.4 Å². The predicted molar refractivity (Wildman–Crippen MR) is 102 cm³/mol. The second-order valence-electron chi connectivity index (χ2n) is 7.17. The number of ether oxygens (including phenoxy) is 3. The topological polar surface area (TPSA) is 73.9 Å². The van der Waals surface area contributed by atoms with E-state index in [0.29, 0.717) is 18.0 Å². The SMILES string of the molecule is C[C@H](OC(=O)Cc1ccc2c(c1)CCC2)C(=O)NCc1ccc2c(c1)OCO2. The maximum absolute atomic E-state index is 12.2. The van der Waals surface area contributed by atoms with Gasteiger partial charge >= 0.3 is 5.97 Å². The first-order chi connectivity index (χ1) is 13.6. The number of nitrogens with one attached hydrogen (secondary N) is 1. The summed E-state index contributed by atoms with van der Waals surface area (Å²) in [6, 6.07) is 11.6. The van der Waals surface area contributed by atoms with Crippen LogP contribution in [0.5, 0.6) is 11.5 Å². The molecule has 0 radical (unpaired) electrons. The Morgan fingerprint density at radius 2 is 1.82 bits per heavy atom. The molecule has 1 heterocycles. The Morgan fingerprint density at radius 3 is 2.71 bits per heavy atom. The van der Waals surface area contributed by atoms with Crippen LogP contribution in [0.4, 0.5) is 0 Å². The second kappa shape index (κ2) is 7.92. The third kappa shape index (κ3) is 4.11. The summed E-state index contributed by atoms with van der Waals surface area (Å²) >= 11 is 0. The van der Waals surface area contributed by atoms with Gasteiger partial charge in [-0.3, -0.25) is 9.59 Å². The number of rotatable bonds is 6. The van der Waals surface area contributed by atoms with Crippen LogP contribution >= 0.6 is 0 Å². The van der Waals surface area contributed by atoms with E-state index in [9.17, 15) is 9.59 Å². The smallest absolute Gasteiger partial charge is 0.311 e. The average Bonchev–Trinajstić information content (AvgIpc) is 3.33. The van der Waals surface area contributed by atoms with Gasteiger partial charge in [-0.2, -0.15) is 0 Å². The summed E-state index contributed by atoms with van der Waals surface area (Å²) < 4.78 is 15.9. The third-order valence-electron chi connectivity index (χ3n) is 5.09. The summed E-state index contributed by atoms with van der Waals surface area (Å²) in [4.78, 5) is 24.4. The van der Waals surface area contributed by atoms with E-state index >= 15 is 0 Å². The van der Waals surface area contributed by atoms with Gasteiger partial charge in [-0.05, 0) is 60.6 Å². The number of hydrogen-bond donors (Lipinski definition) is 1. The zero-order valence-electron chi connectivity index (χ0n) is 15.8. The first-order valence-electron chi connectivity index (χ1n) is 9.55. The van der Waals surface area contributed by atoms with Crippen molar-refractivity contribution in [3.8, 4) is 11.5 Å². The van der Waals surface area contributed by atoms with Gasteiger partial charge in [0, 0.05) is 6.54 Å². The fraction of sp³-hybridized carbons (Fsp3) is 0.364. The van der Waals surface area contributed by atoms with Gasteiger partial charge in [-0.25, -0.2) is 0 Å². The summed E-state index contributed by atoms with van der Waals surface area (Å²) in [5.41, 5.74) is 4.50. The molecule has 2 aromatic rings. The molecule has 2 aromatic carbocycles. The molecule has 1 aliphatic carbocycles. The summed E-state index contributed by atoms with van der Waals surface area (Å²) in [7, 11) is 0. The van der Waals surface area contributed by atoms with Crippen LogP contribution in [0.1, 0.15) is 35.6 Å². The van der Waals surface area contributed by atoms with E-state index in [1.807, 2.05) is 24.3 Å². The van der Waals surface area contributed by atoms with Gasteiger partial charge in [0.15, 0.2) is 17.6 Å². The van der Waals surface area contributed by atoms with E-state index in [1.54, 1.807) is 6.92 Å². The fourth-order valence-electron chi connectivity index (χ4n) is 3.58. The largest absolute Gasteiger partial charge is 0.454 e. The molecule has 0 bridgehead atoms. The van der Waals surface area contributed by atoms with Crippen LogP contribution in [0.3, 0.4) is 0 Å². The Hall–Kier alpha value is -3.02. The Balaban J connectivity index is 1.26. The molecule has 0 aromatic heterocycles. The number of aryl methyl sites for hydroxylation is 2. The van der Waals surface area contributed by atoms with Crippen LogP contribution in [-0.2, 0) is 40.1 Å². The molecule has 6 heteroatoms. The lowest BCUT2D eigenvalue weighted by atomic mass is 10.0. The average molecular weight is 381 g/mol. The Kier molecular flexibility index (Phi) is 5.19. The van der Waals surface area contributed by atoms with E-state index < -0.39 is 12.1 Å². The van der Waals surface area contributed by atoms with Crippen molar-refractivity contribution < 1.29 is 23.8 Å². The second-order valence-corrected chi connectivity index (χ2v) is 7.17. The molecular formula is C22H23NO5. The van der Waals surface area contributed by atoms with E-state index in [0.717, 1.165) is 24.0 Å². The zero-order chi connectivity index (χ0) is 19.5. The van der Waals surface area contributed by atoms with Crippen molar-refractivity contribution in [2.24, 2.45) is 0 Å². The number of carbonyl (C=O) groups is 2. The van der Waals surface area contributed by atoms with Gasteiger partial charge in [-0.15, -0.1) is 0 Å². The fourth-order valence-corrected chi connectivity index (χ4v) is 3.58. The van der Waals surface area contributed by atoms with E-state index in [4.69, 9.17) is 14.2 Å². The van der Waals surface area contributed by atoms with Crippen LogP contribution in [0.2, 0.25) is 0 Å². The van der Waals surface area contributed by atoms with E-state index in [2.05, 4.69) is 17.4 Å². The van der Waals surface area contributed by atoms with Gasteiger partial charge in [0.05, 0.1) is 6.42 Å². The first kappa shape index (κ1) is 18.3. The minimum Gasteiger partial charge on any atom is -0.454 e. The Bertz CT molecular complexity index is 908. The standard InChI is InChI=1S/C22H23NO5/c1-14(22(25)23-12-16-6-8-19-20(10-16)27-13-26-19)28-21(24)11-15-5-7-17-3-2-4-18(17)9-15/h5-10,14H,2-4,11-13H2,1H3,(H,23,25)/t14-/m0/s1. The minimum atomic E-state index is -0.851. The number of fused-ring (bicyclic) bond motifs is 2. The molecule has 28 heavy (non-hydrogen) atoms. The predicted octanol–water partition coefficient (Wildman–Crippen LogP) is 2.69. The number of amides is 1. The molecule has 1 atom stereocenters. The molecule has 0 unspecified atom stereocenters. The summed E-state index contributed by atoms with van der Waals surface area (Å²) in [6.45, 7) is 2.11. The van der Waals surface area contributed by atoms with Gasteiger partial charge in [0.1, 0.15) is 0 Å². The van der Waals surface area contributed by atoms with Gasteiger partial charge in [0.25, 0.3) is 5.91 Å². The van der Waals surface area contributed by atoms with Crippen molar-refractivity contribution in [2.75, 3.05) is 6.79 Å². The lowest BCUT2D eigenvalue weighted by Crippen LogP contribution is -2.35.